The number of nitrogens with zero attached hydrogens (tertiary/aromatic N) is 3. The lowest BCUT2D eigenvalue weighted by Gasteiger charge is -2.33. The molecule has 8 aromatic carbocycles. The fourth-order valence-electron chi connectivity index (χ4n) is 11.0. The predicted octanol–water partition coefficient (Wildman–Crippen LogP) is 16.6. The van der Waals surface area contributed by atoms with Gasteiger partial charge in [-0.2, -0.15) is 0 Å². The van der Waals surface area contributed by atoms with Gasteiger partial charge in [0.05, 0.1) is 16.7 Å². The smallest absolute Gasteiger partial charge is 0.0782 e. The van der Waals surface area contributed by atoms with Gasteiger partial charge in [0.15, 0.2) is 0 Å². The van der Waals surface area contributed by atoms with Gasteiger partial charge < -0.3 is 14.4 Å². The Hall–Kier alpha value is -6.84. The molecule has 0 bridgehead atoms. The summed E-state index contributed by atoms with van der Waals surface area (Å²) in [5.41, 5.74) is 14.8. The quantitative estimate of drug-likeness (QED) is 0.136. The molecule has 0 spiro atoms. The highest BCUT2D eigenvalue weighted by atomic mass is 15.2. The summed E-state index contributed by atoms with van der Waals surface area (Å²) in [6.45, 7) is 0. The average Bonchev–Trinajstić information content (AvgIpc) is 3.99. The second-order valence-electron chi connectivity index (χ2n) is 17.5. The largest absolute Gasteiger partial charge is 0.311 e. The lowest BCUT2D eigenvalue weighted by Crippen LogP contribution is -2.24. The van der Waals surface area contributed by atoms with E-state index in [9.17, 15) is 0 Å². The summed E-state index contributed by atoms with van der Waals surface area (Å²) in [7, 11) is 0. The zero-order chi connectivity index (χ0) is 41.3. The molecule has 2 aliphatic carbocycles. The minimum absolute atomic E-state index is 0.0341. The van der Waals surface area contributed by atoms with Crippen LogP contribution in [0, 0.1) is 0 Å². The van der Waals surface area contributed by atoms with Crippen LogP contribution in [-0.2, 0) is 5.41 Å². The van der Waals surface area contributed by atoms with E-state index in [2.05, 4.69) is 221 Å². The molecule has 0 N–H and O–H groups in total. The topological polar surface area (TPSA) is 11.4 Å². The molecular weight excluding hydrogens is 751 g/mol. The molecule has 0 unspecified atom stereocenters. The van der Waals surface area contributed by atoms with Crippen molar-refractivity contribution in [2.24, 2.45) is 0 Å². The first-order chi connectivity index (χ1) is 30.7. The Balaban J connectivity index is 0.967. The number of hydrogen-bond acceptors (Lipinski definition) is 2. The first-order valence-electron chi connectivity index (χ1n) is 22.8. The molecule has 304 valence electrons. The van der Waals surface area contributed by atoms with E-state index >= 15 is 0 Å². The van der Waals surface area contributed by atoms with E-state index in [0.29, 0.717) is 5.92 Å². The number of anilines is 6. The van der Waals surface area contributed by atoms with E-state index in [4.69, 9.17) is 0 Å². The van der Waals surface area contributed by atoms with Gasteiger partial charge in [-0.25, -0.2) is 0 Å². The summed E-state index contributed by atoms with van der Waals surface area (Å²) in [4.78, 5) is 4.86. The zero-order valence-corrected chi connectivity index (χ0v) is 35.4. The molecule has 11 rings (SSSR count). The second kappa shape index (κ2) is 16.6. The molecule has 2 saturated carbocycles. The molecule has 62 heavy (non-hydrogen) atoms. The van der Waals surface area contributed by atoms with Crippen molar-refractivity contribution >= 4 is 55.9 Å². The van der Waals surface area contributed by atoms with Crippen LogP contribution >= 0.6 is 0 Å². The minimum Gasteiger partial charge on any atom is -0.311 e. The van der Waals surface area contributed by atoms with Crippen molar-refractivity contribution in [3.63, 3.8) is 0 Å². The van der Waals surface area contributed by atoms with E-state index < -0.39 is 0 Å². The van der Waals surface area contributed by atoms with Gasteiger partial charge in [-0.15, -0.1) is 0 Å². The van der Waals surface area contributed by atoms with Gasteiger partial charge >= 0.3 is 0 Å². The maximum absolute atomic E-state index is 2.44. The zero-order valence-electron chi connectivity index (χ0n) is 35.4. The van der Waals surface area contributed by atoms with Gasteiger partial charge in [-0.3, -0.25) is 0 Å². The Morgan fingerprint density at radius 1 is 0.387 bits per heavy atom. The van der Waals surface area contributed by atoms with E-state index in [-0.39, 0.29) is 5.41 Å². The summed E-state index contributed by atoms with van der Waals surface area (Å²) in [5.74, 6) is 0.697. The fraction of sp³-hybridized carbons (Fsp3) is 0.186. The molecule has 0 saturated heterocycles. The molecule has 1 heterocycles. The maximum Gasteiger partial charge on any atom is 0.0782 e. The van der Waals surface area contributed by atoms with Crippen molar-refractivity contribution in [2.75, 3.05) is 9.80 Å². The minimum atomic E-state index is -0.0341. The number of aromatic nitrogens is 1. The van der Waals surface area contributed by atoms with Gasteiger partial charge in [-0.1, -0.05) is 153 Å². The van der Waals surface area contributed by atoms with Gasteiger partial charge in [0.1, 0.15) is 0 Å². The Morgan fingerprint density at radius 2 is 0.871 bits per heavy atom. The van der Waals surface area contributed by atoms with Crippen LogP contribution in [-0.4, -0.2) is 4.57 Å². The standard InChI is InChI=1S/C59H53N3/c1-5-18-44(19-6-1)45-30-36-51(37-31-45)60(48-20-7-2-8-21-48)52-38-32-46(33-39-52)59(42-15-16-43-59)47-34-40-53(41-35-47)61(49-22-9-3-10-23-49)57-29-17-27-55-54-26-13-14-28-56(54)62(58(55)57)50-24-11-4-12-25-50/h2-4,7-14,17,20-41,44H,1,5-6,15-16,18-19,42-43H2. The van der Waals surface area contributed by atoms with Crippen LogP contribution in [0.1, 0.15) is 80.4 Å². The van der Waals surface area contributed by atoms with E-state index in [0.717, 1.165) is 35.6 Å². The highest BCUT2D eigenvalue weighted by Crippen LogP contribution is 2.49. The highest BCUT2D eigenvalue weighted by Gasteiger charge is 2.37. The monoisotopic (exact) mass is 803 g/mol. The van der Waals surface area contributed by atoms with Gasteiger partial charge in [0.2, 0.25) is 0 Å². The van der Waals surface area contributed by atoms with Crippen LogP contribution in [0.3, 0.4) is 0 Å². The molecule has 0 aliphatic heterocycles. The number of rotatable bonds is 10. The Kier molecular flexibility index (Phi) is 10.2. The number of para-hydroxylation sites is 5. The van der Waals surface area contributed by atoms with Crippen LogP contribution in [0.2, 0.25) is 0 Å². The maximum atomic E-state index is 2.44. The van der Waals surface area contributed by atoms with Crippen molar-refractivity contribution in [1.82, 2.24) is 4.57 Å². The van der Waals surface area contributed by atoms with Gasteiger partial charge in [0, 0.05) is 50.3 Å². The number of fused-ring (bicyclic) bond motifs is 3. The molecule has 1 aromatic heterocycles. The third-order valence-electron chi connectivity index (χ3n) is 14.0. The summed E-state index contributed by atoms with van der Waals surface area (Å²) in [5, 5.41) is 2.50. The van der Waals surface area contributed by atoms with Crippen molar-refractivity contribution in [3.05, 3.63) is 223 Å². The third kappa shape index (κ3) is 6.86. The summed E-state index contributed by atoms with van der Waals surface area (Å²) < 4.78 is 2.44. The normalized spacial score (nSPS) is 15.2. The Labute approximate surface area is 366 Å². The lowest BCUT2D eigenvalue weighted by molar-refractivity contribution is 0.443. The first kappa shape index (κ1) is 38.1. The molecule has 0 amide bonds. The van der Waals surface area contributed by atoms with Crippen LogP contribution in [0.15, 0.2) is 206 Å². The molecule has 9 aromatic rings. The van der Waals surface area contributed by atoms with Crippen LogP contribution < -0.4 is 9.80 Å². The van der Waals surface area contributed by atoms with Gasteiger partial charge in [0.25, 0.3) is 0 Å². The molecule has 0 radical (unpaired) electrons. The van der Waals surface area contributed by atoms with E-state index in [1.807, 2.05) is 0 Å². The van der Waals surface area contributed by atoms with E-state index in [1.165, 1.54) is 101 Å². The molecule has 2 aliphatic rings. The van der Waals surface area contributed by atoms with Crippen molar-refractivity contribution in [3.8, 4) is 5.69 Å². The molecule has 2 fully saturated rings. The van der Waals surface area contributed by atoms with Crippen molar-refractivity contribution in [2.45, 2.75) is 69.1 Å². The number of hydrogen-bond donors (Lipinski definition) is 0. The Morgan fingerprint density at radius 3 is 1.48 bits per heavy atom. The lowest BCUT2D eigenvalue weighted by atomic mass is 9.73. The summed E-state index contributed by atoms with van der Waals surface area (Å²) in [6.07, 6.45) is 11.5. The SMILES string of the molecule is c1ccc(N(c2ccc(C3CCCCC3)cc2)c2ccc(C3(c4ccc(N(c5ccccc5)c5cccc6c7ccccc7n(-c7ccccc7)c56)cc4)CCCC3)cc2)cc1. The molecule has 0 atom stereocenters. The van der Waals surface area contributed by atoms with Crippen molar-refractivity contribution in [1.29, 1.82) is 0 Å². The molecular formula is C59H53N3. The van der Waals surface area contributed by atoms with E-state index in [1.54, 1.807) is 0 Å². The van der Waals surface area contributed by atoms with Crippen molar-refractivity contribution < 1.29 is 0 Å². The Bertz CT molecular complexity index is 2900. The van der Waals surface area contributed by atoms with Gasteiger partial charge in [-0.05, 0) is 133 Å². The molecule has 3 heteroatoms. The third-order valence-corrected chi connectivity index (χ3v) is 14.0. The highest BCUT2D eigenvalue weighted by molar-refractivity contribution is 6.14. The summed E-state index contributed by atoms with van der Waals surface area (Å²) >= 11 is 0. The summed E-state index contributed by atoms with van der Waals surface area (Å²) in [6, 6.07) is 76.6. The van der Waals surface area contributed by atoms with Crippen LogP contribution in [0.25, 0.3) is 27.5 Å². The number of benzene rings is 8. The average molecular weight is 804 g/mol. The fourth-order valence-corrected chi connectivity index (χ4v) is 11.0. The molecule has 3 nitrogen and oxygen atoms in total. The van der Waals surface area contributed by atoms with Crippen LogP contribution in [0.4, 0.5) is 34.1 Å². The van der Waals surface area contributed by atoms with Crippen LogP contribution in [0.5, 0.6) is 0 Å². The second-order valence-corrected chi connectivity index (χ2v) is 17.5. The first-order valence-corrected chi connectivity index (χ1v) is 22.8. The predicted molar refractivity (Wildman–Crippen MR) is 262 cm³/mol.